The van der Waals surface area contributed by atoms with Gasteiger partial charge in [0, 0.05) is 0 Å². The van der Waals surface area contributed by atoms with Crippen LogP contribution in [0.25, 0.3) is 21.9 Å². The number of rotatable bonds is 2. The first-order valence-corrected chi connectivity index (χ1v) is 6.21. The van der Waals surface area contributed by atoms with Gasteiger partial charge in [-0.15, -0.1) is 11.3 Å². The number of oxazole rings is 1. The molecule has 0 bridgehead atoms. The highest BCUT2D eigenvalue weighted by molar-refractivity contribution is 7.13. The first-order valence-electron chi connectivity index (χ1n) is 5.33. The molecule has 0 saturated carbocycles. The van der Waals surface area contributed by atoms with Gasteiger partial charge in [0.15, 0.2) is 5.58 Å². The van der Waals surface area contributed by atoms with Crippen molar-refractivity contribution in [3.05, 3.63) is 40.8 Å². The molecule has 1 aromatic carbocycles. The Morgan fingerprint density at radius 2 is 2.22 bits per heavy atom. The predicted octanol–water partition coefficient (Wildman–Crippen LogP) is 3.56. The third kappa shape index (κ3) is 1.69. The Bertz CT molecular complexity index is 742. The zero-order valence-electron chi connectivity index (χ0n) is 9.51. The van der Waals surface area contributed by atoms with Crippen LogP contribution in [0.3, 0.4) is 0 Å². The zero-order valence-corrected chi connectivity index (χ0v) is 10.3. The van der Waals surface area contributed by atoms with Crippen molar-refractivity contribution < 1.29 is 14.3 Å². The van der Waals surface area contributed by atoms with Crippen molar-refractivity contribution in [1.82, 2.24) is 4.98 Å². The van der Waals surface area contributed by atoms with Crippen LogP contribution in [0.15, 0.2) is 34.1 Å². The number of aryl methyl sites for hydroxylation is 1. The van der Waals surface area contributed by atoms with Crippen LogP contribution in [0.5, 0.6) is 0 Å². The lowest BCUT2D eigenvalue weighted by atomic mass is 10.2. The maximum absolute atomic E-state index is 10.9. The quantitative estimate of drug-likeness (QED) is 0.764. The largest absolute Gasteiger partial charge is 0.478 e. The second-order valence-electron chi connectivity index (χ2n) is 3.94. The fraction of sp³-hybridized carbons (Fsp3) is 0.0769. The highest BCUT2D eigenvalue weighted by Gasteiger charge is 2.13. The number of hydrogen-bond donors (Lipinski definition) is 1. The highest BCUT2D eigenvalue weighted by Crippen LogP contribution is 2.31. The number of benzene rings is 1. The van der Waals surface area contributed by atoms with Crippen LogP contribution in [-0.4, -0.2) is 16.1 Å². The third-order valence-electron chi connectivity index (χ3n) is 2.69. The Morgan fingerprint density at radius 1 is 1.39 bits per heavy atom. The van der Waals surface area contributed by atoms with Crippen molar-refractivity contribution in [1.29, 1.82) is 0 Å². The lowest BCUT2D eigenvalue weighted by Crippen LogP contribution is -1.94. The van der Waals surface area contributed by atoms with Gasteiger partial charge in [0.2, 0.25) is 5.89 Å². The Hall–Kier alpha value is -2.14. The number of carboxylic acids is 1. The summed E-state index contributed by atoms with van der Waals surface area (Å²) in [4.78, 5) is 16.2. The number of carboxylic acid groups (broad SMARTS) is 1. The van der Waals surface area contributed by atoms with Gasteiger partial charge in [-0.2, -0.15) is 0 Å². The van der Waals surface area contributed by atoms with E-state index in [9.17, 15) is 4.79 Å². The Morgan fingerprint density at radius 3 is 2.89 bits per heavy atom. The van der Waals surface area contributed by atoms with E-state index in [0.717, 1.165) is 10.4 Å². The van der Waals surface area contributed by atoms with Gasteiger partial charge < -0.3 is 9.52 Å². The maximum atomic E-state index is 10.9. The minimum atomic E-state index is -0.970. The van der Waals surface area contributed by atoms with E-state index >= 15 is 0 Å². The number of fused-ring (bicyclic) bond motifs is 1. The summed E-state index contributed by atoms with van der Waals surface area (Å²) >= 11 is 1.56. The molecule has 0 aliphatic carbocycles. The van der Waals surface area contributed by atoms with E-state index < -0.39 is 5.97 Å². The summed E-state index contributed by atoms with van der Waals surface area (Å²) in [7, 11) is 0. The van der Waals surface area contributed by atoms with Gasteiger partial charge in [-0.3, -0.25) is 0 Å². The van der Waals surface area contributed by atoms with E-state index in [0.29, 0.717) is 17.0 Å². The van der Waals surface area contributed by atoms with Crippen molar-refractivity contribution in [3.8, 4) is 10.8 Å². The lowest BCUT2D eigenvalue weighted by Gasteiger charge is -1.91. The molecule has 0 atom stereocenters. The van der Waals surface area contributed by atoms with E-state index in [1.165, 1.54) is 12.1 Å². The van der Waals surface area contributed by atoms with Crippen molar-refractivity contribution in [2.45, 2.75) is 6.92 Å². The summed E-state index contributed by atoms with van der Waals surface area (Å²) in [5, 5.41) is 10.9. The van der Waals surface area contributed by atoms with Gasteiger partial charge in [-0.1, -0.05) is 0 Å². The van der Waals surface area contributed by atoms with Crippen LogP contribution in [0.1, 0.15) is 15.9 Å². The SMILES string of the molecule is Cc1ccsc1-c1nc2ccc(C(=O)O)cc2o1. The molecule has 4 nitrogen and oxygen atoms in total. The van der Waals surface area contributed by atoms with E-state index in [4.69, 9.17) is 9.52 Å². The average molecular weight is 259 g/mol. The van der Waals surface area contributed by atoms with E-state index in [1.807, 2.05) is 18.4 Å². The average Bonchev–Trinajstić information content (AvgIpc) is 2.92. The van der Waals surface area contributed by atoms with E-state index in [1.54, 1.807) is 17.4 Å². The second-order valence-corrected chi connectivity index (χ2v) is 4.86. The van der Waals surface area contributed by atoms with Crippen molar-refractivity contribution in [2.75, 3.05) is 0 Å². The fourth-order valence-corrected chi connectivity index (χ4v) is 2.60. The molecular weight excluding hydrogens is 250 g/mol. The Kier molecular flexibility index (Phi) is 2.41. The summed E-state index contributed by atoms with van der Waals surface area (Å²) < 4.78 is 5.62. The number of thiophene rings is 1. The first-order chi connectivity index (χ1) is 8.65. The molecule has 90 valence electrons. The molecule has 0 aliphatic heterocycles. The summed E-state index contributed by atoms with van der Waals surface area (Å²) in [6.07, 6.45) is 0. The summed E-state index contributed by atoms with van der Waals surface area (Å²) in [6, 6.07) is 6.68. The zero-order chi connectivity index (χ0) is 12.7. The van der Waals surface area contributed by atoms with Crippen molar-refractivity contribution in [2.24, 2.45) is 0 Å². The topological polar surface area (TPSA) is 63.3 Å². The van der Waals surface area contributed by atoms with Gasteiger partial charge in [0.05, 0.1) is 10.4 Å². The molecular formula is C13H9NO3S. The van der Waals surface area contributed by atoms with Gasteiger partial charge >= 0.3 is 5.97 Å². The summed E-state index contributed by atoms with van der Waals surface area (Å²) in [5.41, 5.74) is 2.47. The molecule has 0 amide bonds. The third-order valence-corrected chi connectivity index (χ3v) is 3.70. The Labute approximate surface area is 107 Å². The lowest BCUT2D eigenvalue weighted by molar-refractivity contribution is 0.0697. The molecule has 0 unspecified atom stereocenters. The molecule has 3 rings (SSSR count). The fourth-order valence-electron chi connectivity index (χ4n) is 1.75. The number of hydrogen-bond acceptors (Lipinski definition) is 4. The first kappa shape index (κ1) is 11.0. The minimum absolute atomic E-state index is 0.202. The number of nitrogens with zero attached hydrogens (tertiary/aromatic N) is 1. The molecule has 0 radical (unpaired) electrons. The van der Waals surface area contributed by atoms with Crippen LogP contribution in [-0.2, 0) is 0 Å². The number of carbonyl (C=O) groups is 1. The molecule has 2 heterocycles. The molecule has 18 heavy (non-hydrogen) atoms. The van der Waals surface area contributed by atoms with E-state index in [2.05, 4.69) is 4.98 Å². The molecule has 0 aliphatic rings. The van der Waals surface area contributed by atoms with Crippen LogP contribution in [0, 0.1) is 6.92 Å². The van der Waals surface area contributed by atoms with Crippen molar-refractivity contribution in [3.63, 3.8) is 0 Å². The maximum Gasteiger partial charge on any atom is 0.335 e. The van der Waals surface area contributed by atoms with Gasteiger partial charge in [-0.05, 0) is 42.1 Å². The smallest absolute Gasteiger partial charge is 0.335 e. The molecule has 0 spiro atoms. The molecule has 1 N–H and O–H groups in total. The monoisotopic (exact) mass is 259 g/mol. The second kappa shape index (κ2) is 3.96. The van der Waals surface area contributed by atoms with Crippen LogP contribution in [0.4, 0.5) is 0 Å². The molecule has 0 saturated heterocycles. The highest BCUT2D eigenvalue weighted by atomic mass is 32.1. The summed E-state index contributed by atoms with van der Waals surface area (Å²) in [6.45, 7) is 1.99. The number of aromatic nitrogens is 1. The van der Waals surface area contributed by atoms with Gasteiger partial charge in [0.25, 0.3) is 0 Å². The van der Waals surface area contributed by atoms with Gasteiger partial charge in [0.1, 0.15) is 5.52 Å². The van der Waals surface area contributed by atoms with Crippen molar-refractivity contribution >= 4 is 28.4 Å². The standard InChI is InChI=1S/C13H9NO3S/c1-7-4-5-18-11(7)12-14-9-3-2-8(13(15)16)6-10(9)17-12/h2-6H,1H3,(H,15,16). The van der Waals surface area contributed by atoms with Crippen LogP contribution >= 0.6 is 11.3 Å². The summed E-state index contributed by atoms with van der Waals surface area (Å²) in [5.74, 6) is -0.429. The Balaban J connectivity index is 2.17. The molecule has 0 fully saturated rings. The van der Waals surface area contributed by atoms with Crippen LogP contribution < -0.4 is 0 Å². The molecule has 5 heteroatoms. The molecule has 3 aromatic rings. The van der Waals surface area contributed by atoms with Gasteiger partial charge in [-0.25, -0.2) is 9.78 Å². The predicted molar refractivity (Wildman–Crippen MR) is 69.0 cm³/mol. The van der Waals surface area contributed by atoms with Crippen LogP contribution in [0.2, 0.25) is 0 Å². The minimum Gasteiger partial charge on any atom is -0.478 e. The van der Waals surface area contributed by atoms with E-state index in [-0.39, 0.29) is 5.56 Å². The number of aromatic carboxylic acids is 1. The molecule has 2 aromatic heterocycles. The normalized spacial score (nSPS) is 10.9.